The minimum atomic E-state index is -0.506. The first kappa shape index (κ1) is 15.2. The zero-order valence-electron chi connectivity index (χ0n) is 12.3. The van der Waals surface area contributed by atoms with Gasteiger partial charge in [-0.3, -0.25) is 9.59 Å². The van der Waals surface area contributed by atoms with Crippen LogP contribution in [-0.4, -0.2) is 29.3 Å². The van der Waals surface area contributed by atoms with Crippen molar-refractivity contribution in [2.45, 2.75) is 31.8 Å². The highest BCUT2D eigenvalue weighted by Gasteiger charge is 2.33. The smallest absolute Gasteiger partial charge is 0.261 e. The van der Waals surface area contributed by atoms with Gasteiger partial charge in [-0.25, -0.2) is 0 Å². The summed E-state index contributed by atoms with van der Waals surface area (Å²) < 4.78 is 0. The van der Waals surface area contributed by atoms with Gasteiger partial charge in [-0.2, -0.15) is 11.3 Å². The van der Waals surface area contributed by atoms with E-state index in [-0.39, 0.29) is 17.9 Å². The van der Waals surface area contributed by atoms with Crippen LogP contribution in [0.2, 0.25) is 0 Å². The molecule has 0 aliphatic carbocycles. The molecule has 1 fully saturated rings. The summed E-state index contributed by atoms with van der Waals surface area (Å²) in [6, 6.07) is 5.32. The molecule has 1 aliphatic rings. The van der Waals surface area contributed by atoms with Crippen LogP contribution in [0.4, 0.5) is 0 Å². The quantitative estimate of drug-likeness (QED) is 0.933. The molecule has 1 aliphatic heterocycles. The lowest BCUT2D eigenvalue weighted by atomic mass is 10.1. The minimum Gasteiger partial charge on any atom is -0.340 e. The number of amides is 2. The van der Waals surface area contributed by atoms with E-state index in [0.29, 0.717) is 4.88 Å². The molecule has 2 aromatic rings. The van der Waals surface area contributed by atoms with E-state index >= 15 is 0 Å². The molecular weight excluding hydrogens is 316 g/mol. The van der Waals surface area contributed by atoms with E-state index in [1.807, 2.05) is 21.7 Å². The van der Waals surface area contributed by atoms with Crippen LogP contribution in [0.25, 0.3) is 0 Å². The van der Waals surface area contributed by atoms with Crippen LogP contribution in [0.15, 0.2) is 34.3 Å². The predicted octanol–water partition coefficient (Wildman–Crippen LogP) is 3.29. The largest absolute Gasteiger partial charge is 0.340 e. The van der Waals surface area contributed by atoms with Crippen LogP contribution in [0, 0.1) is 0 Å². The molecule has 0 saturated carbocycles. The maximum Gasteiger partial charge on any atom is 0.261 e. The number of thiophene rings is 2. The Morgan fingerprint density at radius 2 is 2.23 bits per heavy atom. The SMILES string of the molecule is C[C@H](NC(=O)c1cccs1)C(=O)N1CCC[C@H]1c1ccsc1. The Morgan fingerprint density at radius 3 is 2.91 bits per heavy atom. The third-order valence-corrected chi connectivity index (χ3v) is 5.50. The second kappa shape index (κ2) is 6.62. The third-order valence-electron chi connectivity index (χ3n) is 3.93. The van der Waals surface area contributed by atoms with Gasteiger partial charge in [0.15, 0.2) is 0 Å². The summed E-state index contributed by atoms with van der Waals surface area (Å²) in [5, 5.41) is 8.81. The van der Waals surface area contributed by atoms with Crippen molar-refractivity contribution < 1.29 is 9.59 Å². The molecule has 3 heterocycles. The van der Waals surface area contributed by atoms with E-state index in [1.165, 1.54) is 16.9 Å². The Bertz CT molecular complexity index is 637. The summed E-state index contributed by atoms with van der Waals surface area (Å²) in [5.74, 6) is -0.180. The van der Waals surface area contributed by atoms with Gasteiger partial charge in [0, 0.05) is 6.54 Å². The summed E-state index contributed by atoms with van der Waals surface area (Å²) in [6.45, 7) is 2.52. The Balaban J connectivity index is 1.66. The van der Waals surface area contributed by atoms with Gasteiger partial charge < -0.3 is 10.2 Å². The molecular formula is C16H18N2O2S2. The zero-order valence-corrected chi connectivity index (χ0v) is 14.0. The van der Waals surface area contributed by atoms with Gasteiger partial charge in [0.05, 0.1) is 10.9 Å². The molecule has 0 bridgehead atoms. The van der Waals surface area contributed by atoms with Crippen molar-refractivity contribution in [3.05, 3.63) is 44.8 Å². The zero-order chi connectivity index (χ0) is 15.5. The van der Waals surface area contributed by atoms with Crippen LogP contribution in [0.5, 0.6) is 0 Å². The van der Waals surface area contributed by atoms with Crippen LogP contribution in [-0.2, 0) is 4.79 Å². The molecule has 1 saturated heterocycles. The predicted molar refractivity (Wildman–Crippen MR) is 89.3 cm³/mol. The van der Waals surface area contributed by atoms with E-state index in [2.05, 4.69) is 16.8 Å². The fourth-order valence-electron chi connectivity index (χ4n) is 2.83. The van der Waals surface area contributed by atoms with E-state index in [0.717, 1.165) is 19.4 Å². The van der Waals surface area contributed by atoms with E-state index in [9.17, 15) is 9.59 Å². The lowest BCUT2D eigenvalue weighted by molar-refractivity contribution is -0.133. The maximum atomic E-state index is 12.7. The van der Waals surface area contributed by atoms with Crippen molar-refractivity contribution in [2.24, 2.45) is 0 Å². The van der Waals surface area contributed by atoms with Gasteiger partial charge >= 0.3 is 0 Å². The molecule has 6 heteroatoms. The summed E-state index contributed by atoms with van der Waals surface area (Å²) in [5.41, 5.74) is 1.20. The van der Waals surface area contributed by atoms with Crippen molar-refractivity contribution in [3.63, 3.8) is 0 Å². The van der Waals surface area contributed by atoms with Crippen LogP contribution in [0.3, 0.4) is 0 Å². The van der Waals surface area contributed by atoms with Gasteiger partial charge in [0.25, 0.3) is 5.91 Å². The van der Waals surface area contributed by atoms with Gasteiger partial charge in [-0.05, 0) is 53.6 Å². The highest BCUT2D eigenvalue weighted by Crippen LogP contribution is 2.33. The summed E-state index contributed by atoms with van der Waals surface area (Å²) in [6.07, 6.45) is 2.01. The second-order valence-electron chi connectivity index (χ2n) is 5.42. The number of rotatable bonds is 4. The van der Waals surface area contributed by atoms with Crippen molar-refractivity contribution in [1.82, 2.24) is 10.2 Å². The van der Waals surface area contributed by atoms with Crippen molar-refractivity contribution >= 4 is 34.5 Å². The lowest BCUT2D eigenvalue weighted by Crippen LogP contribution is -2.46. The lowest BCUT2D eigenvalue weighted by Gasteiger charge is -2.27. The normalized spacial score (nSPS) is 19.1. The van der Waals surface area contributed by atoms with Crippen LogP contribution in [0.1, 0.15) is 41.0 Å². The van der Waals surface area contributed by atoms with Crippen LogP contribution < -0.4 is 5.32 Å². The molecule has 2 atom stereocenters. The number of likely N-dealkylation sites (tertiary alicyclic amines) is 1. The molecule has 0 radical (unpaired) electrons. The number of carbonyl (C=O) groups is 2. The topological polar surface area (TPSA) is 49.4 Å². The molecule has 2 aromatic heterocycles. The minimum absolute atomic E-state index is 0.00129. The fraction of sp³-hybridized carbons (Fsp3) is 0.375. The molecule has 0 unspecified atom stereocenters. The molecule has 22 heavy (non-hydrogen) atoms. The molecule has 116 valence electrons. The third kappa shape index (κ3) is 3.08. The average Bonchev–Trinajstić information content (AvgIpc) is 3.26. The van der Waals surface area contributed by atoms with Crippen molar-refractivity contribution in [1.29, 1.82) is 0 Å². The van der Waals surface area contributed by atoms with Crippen molar-refractivity contribution in [3.8, 4) is 0 Å². The average molecular weight is 334 g/mol. The number of carbonyl (C=O) groups excluding carboxylic acids is 2. The number of hydrogen-bond acceptors (Lipinski definition) is 4. The van der Waals surface area contributed by atoms with E-state index in [4.69, 9.17) is 0 Å². The first-order valence-electron chi connectivity index (χ1n) is 7.34. The standard InChI is InChI=1S/C16H18N2O2S2/c1-11(17-15(19)14-5-3-8-22-14)16(20)18-7-2-4-13(18)12-6-9-21-10-12/h3,5-6,8-11,13H,2,4,7H2,1H3,(H,17,19)/t11-,13-/m0/s1. The van der Waals surface area contributed by atoms with Gasteiger partial charge in [0.1, 0.15) is 6.04 Å². The van der Waals surface area contributed by atoms with E-state index < -0.39 is 6.04 Å². The number of nitrogens with one attached hydrogen (secondary N) is 1. The summed E-state index contributed by atoms with van der Waals surface area (Å²) in [7, 11) is 0. The summed E-state index contributed by atoms with van der Waals surface area (Å²) >= 11 is 3.03. The highest BCUT2D eigenvalue weighted by atomic mass is 32.1. The summed E-state index contributed by atoms with van der Waals surface area (Å²) in [4.78, 5) is 27.3. The molecule has 4 nitrogen and oxygen atoms in total. The second-order valence-corrected chi connectivity index (χ2v) is 7.15. The highest BCUT2D eigenvalue weighted by molar-refractivity contribution is 7.12. The Morgan fingerprint density at radius 1 is 1.36 bits per heavy atom. The van der Waals surface area contributed by atoms with Crippen molar-refractivity contribution in [2.75, 3.05) is 6.54 Å². The monoisotopic (exact) mass is 334 g/mol. The molecule has 0 spiro atoms. The van der Waals surface area contributed by atoms with Crippen LogP contribution >= 0.6 is 22.7 Å². The first-order valence-corrected chi connectivity index (χ1v) is 9.16. The van der Waals surface area contributed by atoms with E-state index in [1.54, 1.807) is 24.3 Å². The number of nitrogens with zero attached hydrogens (tertiary/aromatic N) is 1. The fourth-order valence-corrected chi connectivity index (χ4v) is 4.16. The number of hydrogen-bond donors (Lipinski definition) is 1. The maximum absolute atomic E-state index is 12.7. The first-order chi connectivity index (χ1) is 10.7. The Labute approximate surface area is 137 Å². The molecule has 1 N–H and O–H groups in total. The van der Waals surface area contributed by atoms with Gasteiger partial charge in [-0.15, -0.1) is 11.3 Å². The Kier molecular flexibility index (Phi) is 4.59. The molecule has 2 amide bonds. The Hall–Kier alpha value is -1.66. The molecule has 0 aromatic carbocycles. The van der Waals surface area contributed by atoms with Gasteiger partial charge in [0.2, 0.25) is 5.91 Å². The molecule has 3 rings (SSSR count). The van der Waals surface area contributed by atoms with Gasteiger partial charge in [-0.1, -0.05) is 6.07 Å².